The number of hydrogen-bond donors (Lipinski definition) is 2. The van der Waals surface area contributed by atoms with Crippen molar-refractivity contribution in [3.63, 3.8) is 0 Å². The van der Waals surface area contributed by atoms with Crippen molar-refractivity contribution >= 4 is 23.5 Å². The second-order valence-electron chi connectivity index (χ2n) is 6.83. The number of nitrogens with zero attached hydrogens (tertiary/aromatic N) is 1. The van der Waals surface area contributed by atoms with Crippen molar-refractivity contribution in [2.45, 2.75) is 31.5 Å². The third kappa shape index (κ3) is 6.74. The Morgan fingerprint density at radius 3 is 2.17 bits per heavy atom. The first-order valence-corrected chi connectivity index (χ1v) is 9.63. The number of alkyl halides is 3. The van der Waals surface area contributed by atoms with Gasteiger partial charge in [0.15, 0.2) is 0 Å². The minimum absolute atomic E-state index is 0.0934. The Balaban J connectivity index is 0.000000396. The van der Waals surface area contributed by atoms with E-state index >= 15 is 0 Å². The van der Waals surface area contributed by atoms with Gasteiger partial charge in [0, 0.05) is 30.2 Å². The first-order chi connectivity index (χ1) is 14.1. The first kappa shape index (κ1) is 23.7. The number of aliphatic carboxylic acids is 1. The van der Waals surface area contributed by atoms with E-state index < -0.39 is 12.1 Å². The predicted molar refractivity (Wildman–Crippen MR) is 107 cm³/mol. The number of halogens is 4. The monoisotopic (exact) mass is 442 g/mol. The zero-order chi connectivity index (χ0) is 22.3. The Labute approximate surface area is 177 Å². The molecule has 2 aromatic carbocycles. The molecule has 5 nitrogen and oxygen atoms in total. The number of carboxylic acids is 1. The number of carbonyl (C=O) groups is 2. The van der Waals surface area contributed by atoms with Gasteiger partial charge in [-0.1, -0.05) is 35.9 Å². The number of hydrogen-bond acceptors (Lipinski definition) is 3. The third-order valence-corrected chi connectivity index (χ3v) is 5.03. The number of carbonyl (C=O) groups excluding carboxylic acids is 1. The van der Waals surface area contributed by atoms with Crippen LogP contribution in [0.25, 0.3) is 0 Å². The topological polar surface area (TPSA) is 83.6 Å². The van der Waals surface area contributed by atoms with Crippen molar-refractivity contribution in [1.29, 1.82) is 0 Å². The molecule has 1 amide bonds. The summed E-state index contributed by atoms with van der Waals surface area (Å²) in [5.41, 5.74) is 8.94. The molecule has 0 unspecified atom stereocenters. The SMILES string of the molecule is NCc1cccc(C2CCN(C(=O)c3ccc(Cl)cc3)CC2)c1.O=C(O)C(F)(F)F. The number of nitrogens with two attached hydrogens (primary N) is 1. The number of carboxylic acid groups (broad SMARTS) is 1. The number of rotatable bonds is 3. The van der Waals surface area contributed by atoms with Crippen LogP contribution in [-0.2, 0) is 11.3 Å². The summed E-state index contributed by atoms with van der Waals surface area (Å²) in [5.74, 6) is -2.15. The molecule has 2 aromatic rings. The van der Waals surface area contributed by atoms with Crippen LogP contribution in [0.3, 0.4) is 0 Å². The molecule has 0 radical (unpaired) electrons. The van der Waals surface area contributed by atoms with Crippen LogP contribution in [0.5, 0.6) is 0 Å². The maximum absolute atomic E-state index is 12.5. The zero-order valence-electron chi connectivity index (χ0n) is 16.0. The van der Waals surface area contributed by atoms with E-state index in [1.165, 1.54) is 11.1 Å². The summed E-state index contributed by atoms with van der Waals surface area (Å²) in [7, 11) is 0. The summed E-state index contributed by atoms with van der Waals surface area (Å²) >= 11 is 5.88. The van der Waals surface area contributed by atoms with E-state index in [4.69, 9.17) is 27.2 Å². The Kier molecular flexibility index (Phi) is 8.25. The molecule has 0 aromatic heterocycles. The minimum atomic E-state index is -5.08. The van der Waals surface area contributed by atoms with E-state index in [1.807, 2.05) is 4.90 Å². The fourth-order valence-electron chi connectivity index (χ4n) is 3.16. The Bertz CT molecular complexity index is 865. The van der Waals surface area contributed by atoms with E-state index in [-0.39, 0.29) is 5.91 Å². The van der Waals surface area contributed by atoms with Crippen LogP contribution >= 0.6 is 11.6 Å². The van der Waals surface area contributed by atoms with Crippen LogP contribution in [0.2, 0.25) is 5.02 Å². The van der Waals surface area contributed by atoms with Crippen molar-refractivity contribution < 1.29 is 27.9 Å². The van der Waals surface area contributed by atoms with Gasteiger partial charge in [0.1, 0.15) is 0 Å². The second-order valence-corrected chi connectivity index (χ2v) is 7.26. The highest BCUT2D eigenvalue weighted by Gasteiger charge is 2.38. The van der Waals surface area contributed by atoms with Gasteiger partial charge in [0.2, 0.25) is 0 Å². The molecule has 1 heterocycles. The van der Waals surface area contributed by atoms with Gasteiger partial charge in [-0.25, -0.2) is 4.79 Å². The zero-order valence-corrected chi connectivity index (χ0v) is 16.8. The summed E-state index contributed by atoms with van der Waals surface area (Å²) in [4.78, 5) is 23.4. The maximum atomic E-state index is 12.5. The molecule has 1 saturated heterocycles. The Hall–Kier alpha value is -2.58. The quantitative estimate of drug-likeness (QED) is 0.735. The molecule has 30 heavy (non-hydrogen) atoms. The van der Waals surface area contributed by atoms with Gasteiger partial charge >= 0.3 is 12.1 Å². The summed E-state index contributed by atoms with van der Waals surface area (Å²) in [6, 6.07) is 15.6. The van der Waals surface area contributed by atoms with E-state index in [0.29, 0.717) is 23.0 Å². The molecule has 3 rings (SSSR count). The summed E-state index contributed by atoms with van der Waals surface area (Å²) < 4.78 is 31.7. The largest absolute Gasteiger partial charge is 0.490 e. The number of amides is 1. The molecule has 1 fully saturated rings. The van der Waals surface area contributed by atoms with Crippen molar-refractivity contribution in [2.75, 3.05) is 13.1 Å². The predicted octanol–water partition coefficient (Wildman–Crippen LogP) is 4.45. The highest BCUT2D eigenvalue weighted by Crippen LogP contribution is 2.29. The normalized spacial score (nSPS) is 14.6. The van der Waals surface area contributed by atoms with Crippen LogP contribution in [-0.4, -0.2) is 41.1 Å². The van der Waals surface area contributed by atoms with Gasteiger partial charge in [0.25, 0.3) is 5.91 Å². The van der Waals surface area contributed by atoms with Gasteiger partial charge in [-0.2, -0.15) is 13.2 Å². The maximum Gasteiger partial charge on any atom is 0.490 e. The van der Waals surface area contributed by atoms with E-state index in [1.54, 1.807) is 24.3 Å². The standard InChI is InChI=1S/C19H21ClN2O.C2HF3O2/c20-18-6-4-16(5-7-18)19(23)22-10-8-15(9-11-22)17-3-1-2-14(12-17)13-21;3-2(4,5)1(6)7/h1-7,12,15H,8-11,13,21H2;(H,6,7). The molecule has 0 bridgehead atoms. The third-order valence-electron chi connectivity index (χ3n) is 4.77. The molecular formula is C21H22ClF3N2O3. The van der Waals surface area contributed by atoms with E-state index in [0.717, 1.165) is 25.9 Å². The van der Waals surface area contributed by atoms with Crippen LogP contribution in [0.4, 0.5) is 13.2 Å². The van der Waals surface area contributed by atoms with Gasteiger partial charge < -0.3 is 15.7 Å². The minimum Gasteiger partial charge on any atom is -0.475 e. The van der Waals surface area contributed by atoms with Crippen molar-refractivity contribution in [2.24, 2.45) is 5.73 Å². The molecule has 9 heteroatoms. The number of benzene rings is 2. The average Bonchev–Trinajstić information content (AvgIpc) is 2.74. The fraction of sp³-hybridized carbons (Fsp3) is 0.333. The molecule has 0 spiro atoms. The lowest BCUT2D eigenvalue weighted by Crippen LogP contribution is -2.37. The second kappa shape index (κ2) is 10.4. The van der Waals surface area contributed by atoms with Gasteiger partial charge in [-0.3, -0.25) is 4.79 Å². The molecule has 0 aliphatic carbocycles. The Morgan fingerprint density at radius 1 is 1.10 bits per heavy atom. The number of likely N-dealkylation sites (tertiary alicyclic amines) is 1. The van der Waals surface area contributed by atoms with Crippen molar-refractivity contribution in [3.8, 4) is 0 Å². The highest BCUT2D eigenvalue weighted by atomic mass is 35.5. The van der Waals surface area contributed by atoms with Crippen LogP contribution in [0, 0.1) is 0 Å². The summed E-state index contributed by atoms with van der Waals surface area (Å²) in [6.07, 6.45) is -3.10. The van der Waals surface area contributed by atoms with Gasteiger partial charge in [-0.05, 0) is 54.2 Å². The van der Waals surface area contributed by atoms with Crippen molar-refractivity contribution in [1.82, 2.24) is 4.90 Å². The molecule has 0 saturated carbocycles. The Morgan fingerprint density at radius 2 is 1.67 bits per heavy atom. The molecule has 1 aliphatic rings. The smallest absolute Gasteiger partial charge is 0.475 e. The van der Waals surface area contributed by atoms with Crippen molar-refractivity contribution in [3.05, 3.63) is 70.2 Å². The summed E-state index contributed by atoms with van der Waals surface area (Å²) in [6.45, 7) is 2.15. The summed E-state index contributed by atoms with van der Waals surface area (Å²) in [5, 5.41) is 7.78. The molecule has 3 N–H and O–H groups in total. The lowest BCUT2D eigenvalue weighted by molar-refractivity contribution is -0.192. The average molecular weight is 443 g/mol. The lowest BCUT2D eigenvalue weighted by atomic mass is 9.88. The van der Waals surface area contributed by atoms with Crippen LogP contribution in [0.1, 0.15) is 40.2 Å². The molecule has 0 atom stereocenters. The highest BCUT2D eigenvalue weighted by molar-refractivity contribution is 6.30. The van der Waals surface area contributed by atoms with Gasteiger partial charge in [-0.15, -0.1) is 0 Å². The fourth-order valence-corrected chi connectivity index (χ4v) is 3.29. The first-order valence-electron chi connectivity index (χ1n) is 9.25. The molecular weight excluding hydrogens is 421 g/mol. The van der Waals surface area contributed by atoms with E-state index in [9.17, 15) is 18.0 Å². The van der Waals surface area contributed by atoms with Crippen LogP contribution < -0.4 is 5.73 Å². The van der Waals surface area contributed by atoms with Crippen LogP contribution in [0.15, 0.2) is 48.5 Å². The molecule has 162 valence electrons. The van der Waals surface area contributed by atoms with E-state index in [2.05, 4.69) is 24.3 Å². The molecule has 1 aliphatic heterocycles. The number of piperidine rings is 1. The van der Waals surface area contributed by atoms with Gasteiger partial charge in [0.05, 0.1) is 0 Å². The lowest BCUT2D eigenvalue weighted by Gasteiger charge is -2.32.